The predicted octanol–water partition coefficient (Wildman–Crippen LogP) is 4.73. The maximum atomic E-state index is 12.8. The fraction of sp³-hybridized carbons (Fsp3) is 0.217. The van der Waals surface area contributed by atoms with E-state index in [2.05, 4.69) is 20.4 Å². The van der Waals surface area contributed by atoms with Gasteiger partial charge < -0.3 is 5.32 Å². The average Bonchev–Trinajstić information content (AvgIpc) is 3.45. The van der Waals surface area contributed by atoms with E-state index in [-0.39, 0.29) is 23.3 Å². The van der Waals surface area contributed by atoms with Gasteiger partial charge in [0, 0.05) is 23.6 Å². The molecule has 31 heavy (non-hydrogen) atoms. The van der Waals surface area contributed by atoms with Crippen molar-refractivity contribution in [2.24, 2.45) is 5.92 Å². The summed E-state index contributed by atoms with van der Waals surface area (Å²) in [6.07, 6.45) is 1.49. The zero-order valence-corrected chi connectivity index (χ0v) is 18.1. The Morgan fingerprint density at radius 1 is 1.10 bits per heavy atom. The third kappa shape index (κ3) is 4.49. The number of carbonyl (C=O) groups is 1. The first kappa shape index (κ1) is 20.7. The highest BCUT2D eigenvalue weighted by Crippen LogP contribution is 2.28. The molecular weight excluding hydrogens is 410 g/mol. The van der Waals surface area contributed by atoms with Gasteiger partial charge in [-0.05, 0) is 24.3 Å². The van der Waals surface area contributed by atoms with Crippen molar-refractivity contribution in [3.63, 3.8) is 0 Å². The number of benzene rings is 1. The van der Waals surface area contributed by atoms with Gasteiger partial charge in [0.2, 0.25) is 11.9 Å². The summed E-state index contributed by atoms with van der Waals surface area (Å²) in [4.78, 5) is 33.5. The number of thiophene rings is 1. The van der Waals surface area contributed by atoms with Crippen molar-refractivity contribution in [2.75, 3.05) is 5.32 Å². The van der Waals surface area contributed by atoms with Gasteiger partial charge in [0.15, 0.2) is 0 Å². The Kier molecular flexibility index (Phi) is 6.08. The average molecular weight is 434 g/mol. The fourth-order valence-electron chi connectivity index (χ4n) is 3.37. The van der Waals surface area contributed by atoms with Crippen LogP contribution in [0.3, 0.4) is 0 Å². The van der Waals surface area contributed by atoms with E-state index in [4.69, 9.17) is 0 Å². The molecule has 0 radical (unpaired) electrons. The molecule has 0 aliphatic rings. The van der Waals surface area contributed by atoms with E-state index in [9.17, 15) is 9.59 Å². The van der Waals surface area contributed by atoms with Crippen molar-refractivity contribution in [2.45, 2.75) is 26.7 Å². The quantitative estimate of drug-likeness (QED) is 0.441. The predicted molar refractivity (Wildman–Crippen MR) is 123 cm³/mol. The van der Waals surface area contributed by atoms with Gasteiger partial charge in [-0.25, -0.2) is 4.98 Å². The summed E-state index contributed by atoms with van der Waals surface area (Å²) in [5.74, 6) is 0.532. The Morgan fingerprint density at radius 3 is 2.55 bits per heavy atom. The number of aromatic nitrogens is 4. The molecule has 0 aliphatic carbocycles. The number of nitrogens with one attached hydrogen (secondary N) is 2. The fourth-order valence-corrected chi connectivity index (χ4v) is 4.05. The van der Waals surface area contributed by atoms with Gasteiger partial charge in [0.1, 0.15) is 11.5 Å². The lowest BCUT2D eigenvalue weighted by atomic mass is 10.0. The van der Waals surface area contributed by atoms with Crippen LogP contribution in [0.4, 0.5) is 5.82 Å². The summed E-state index contributed by atoms with van der Waals surface area (Å²) in [5, 5.41) is 9.58. The van der Waals surface area contributed by atoms with Crippen LogP contribution in [-0.2, 0) is 4.79 Å². The van der Waals surface area contributed by atoms with E-state index in [1.807, 2.05) is 61.7 Å². The van der Waals surface area contributed by atoms with Gasteiger partial charge in [-0.3, -0.25) is 14.6 Å². The van der Waals surface area contributed by atoms with Crippen molar-refractivity contribution in [1.29, 1.82) is 0 Å². The first-order valence-electron chi connectivity index (χ1n) is 10.2. The maximum absolute atomic E-state index is 12.8. The molecule has 7 nitrogen and oxygen atoms in total. The summed E-state index contributed by atoms with van der Waals surface area (Å²) in [6, 6.07) is 16.6. The van der Waals surface area contributed by atoms with Crippen molar-refractivity contribution >= 4 is 23.1 Å². The molecule has 1 amide bonds. The highest BCUT2D eigenvalue weighted by Gasteiger charge is 2.20. The minimum Gasteiger partial charge on any atom is -0.310 e. The summed E-state index contributed by atoms with van der Waals surface area (Å²) >= 11 is 1.55. The molecule has 0 bridgehead atoms. The van der Waals surface area contributed by atoms with E-state index >= 15 is 0 Å². The van der Waals surface area contributed by atoms with Gasteiger partial charge in [0.25, 0.3) is 5.56 Å². The minimum atomic E-state index is -0.297. The number of nitrogens with zero attached hydrogens (tertiary/aromatic N) is 3. The number of hydrogen-bond acceptors (Lipinski definition) is 5. The monoisotopic (exact) mass is 433 g/mol. The largest absolute Gasteiger partial charge is 0.310 e. The topological polar surface area (TPSA) is 92.7 Å². The molecule has 4 rings (SSSR count). The highest BCUT2D eigenvalue weighted by molar-refractivity contribution is 7.13. The van der Waals surface area contributed by atoms with Crippen LogP contribution in [-0.4, -0.2) is 25.7 Å². The number of H-pyrrole nitrogens is 1. The standard InChI is InChI=1S/C23H23N5O2S/c1-3-15(4-2)22(30)25-20-13-18(19-11-8-12-31-19)27-28(20)23-24-17(14-21(29)26-23)16-9-6-5-7-10-16/h5-15H,3-4H2,1-2H3,(H,25,30)(H,24,26,29). The highest BCUT2D eigenvalue weighted by atomic mass is 32.1. The Morgan fingerprint density at radius 2 is 1.87 bits per heavy atom. The molecule has 0 fully saturated rings. The number of aromatic amines is 1. The number of hydrogen-bond donors (Lipinski definition) is 2. The molecular formula is C23H23N5O2S. The SMILES string of the molecule is CCC(CC)C(=O)Nc1cc(-c2cccs2)nn1-c1nc(-c2ccccc2)cc(=O)[nH]1. The molecule has 158 valence electrons. The van der Waals surface area contributed by atoms with Gasteiger partial charge in [-0.2, -0.15) is 9.78 Å². The lowest BCUT2D eigenvalue weighted by Crippen LogP contribution is -2.24. The molecule has 0 aliphatic heterocycles. The summed E-state index contributed by atoms with van der Waals surface area (Å²) < 4.78 is 1.49. The first-order chi connectivity index (χ1) is 15.1. The van der Waals surface area contributed by atoms with Crippen LogP contribution in [0.25, 0.3) is 27.8 Å². The second-order valence-electron chi connectivity index (χ2n) is 7.13. The Bertz CT molecular complexity index is 1220. The molecule has 0 atom stereocenters. The van der Waals surface area contributed by atoms with E-state index in [0.29, 0.717) is 17.2 Å². The van der Waals surface area contributed by atoms with E-state index in [1.54, 1.807) is 17.4 Å². The number of anilines is 1. The van der Waals surface area contributed by atoms with Gasteiger partial charge in [-0.1, -0.05) is 50.2 Å². The molecule has 0 saturated carbocycles. The van der Waals surface area contributed by atoms with Crippen LogP contribution in [0, 0.1) is 5.92 Å². The van der Waals surface area contributed by atoms with Crippen molar-refractivity contribution in [1.82, 2.24) is 19.7 Å². The van der Waals surface area contributed by atoms with Gasteiger partial charge >= 0.3 is 0 Å². The molecule has 3 aromatic heterocycles. The molecule has 0 saturated heterocycles. The van der Waals surface area contributed by atoms with Gasteiger partial charge in [-0.15, -0.1) is 11.3 Å². The number of amides is 1. The smallest absolute Gasteiger partial charge is 0.252 e. The summed E-state index contributed by atoms with van der Waals surface area (Å²) in [5.41, 5.74) is 1.75. The van der Waals surface area contributed by atoms with Crippen molar-refractivity contribution in [3.8, 4) is 27.8 Å². The lowest BCUT2D eigenvalue weighted by Gasteiger charge is -2.13. The molecule has 0 unspecified atom stereocenters. The molecule has 0 spiro atoms. The first-order valence-corrected chi connectivity index (χ1v) is 11.1. The second-order valence-corrected chi connectivity index (χ2v) is 8.07. The van der Waals surface area contributed by atoms with E-state index < -0.39 is 0 Å². The number of rotatable bonds is 7. The van der Waals surface area contributed by atoms with Crippen LogP contribution in [0.15, 0.2) is 64.8 Å². The molecule has 1 aromatic carbocycles. The van der Waals surface area contributed by atoms with Gasteiger partial charge in [0.05, 0.1) is 10.6 Å². The van der Waals surface area contributed by atoms with E-state index in [1.165, 1.54) is 10.7 Å². The maximum Gasteiger partial charge on any atom is 0.252 e. The van der Waals surface area contributed by atoms with Crippen LogP contribution < -0.4 is 10.9 Å². The van der Waals surface area contributed by atoms with Crippen molar-refractivity contribution < 1.29 is 4.79 Å². The zero-order valence-electron chi connectivity index (χ0n) is 17.3. The second kappa shape index (κ2) is 9.09. The normalized spacial score (nSPS) is 11.1. The Balaban J connectivity index is 1.81. The van der Waals surface area contributed by atoms with E-state index in [0.717, 1.165) is 23.3 Å². The lowest BCUT2D eigenvalue weighted by molar-refractivity contribution is -0.120. The molecule has 8 heteroatoms. The third-order valence-corrected chi connectivity index (χ3v) is 5.98. The molecule has 3 heterocycles. The van der Waals surface area contributed by atoms with Crippen molar-refractivity contribution in [3.05, 3.63) is 70.3 Å². The number of carbonyl (C=O) groups excluding carboxylic acids is 1. The molecule has 4 aromatic rings. The third-order valence-electron chi connectivity index (χ3n) is 5.09. The summed E-state index contributed by atoms with van der Waals surface area (Å²) in [7, 11) is 0. The van der Waals surface area contributed by atoms with Crippen LogP contribution >= 0.6 is 11.3 Å². The Hall–Kier alpha value is -3.52. The summed E-state index contributed by atoms with van der Waals surface area (Å²) in [6.45, 7) is 3.98. The Labute approximate surface area is 183 Å². The molecule has 2 N–H and O–H groups in total. The minimum absolute atomic E-state index is 0.0783. The van der Waals surface area contributed by atoms with Crippen LogP contribution in [0.5, 0.6) is 0 Å². The zero-order chi connectivity index (χ0) is 21.8. The van der Waals surface area contributed by atoms with Crippen LogP contribution in [0.1, 0.15) is 26.7 Å². The van der Waals surface area contributed by atoms with Crippen LogP contribution in [0.2, 0.25) is 0 Å².